The number of hydrogen-bond donors (Lipinski definition) is 2. The predicted molar refractivity (Wildman–Crippen MR) is 109 cm³/mol. The van der Waals surface area contributed by atoms with Crippen molar-refractivity contribution in [3.8, 4) is 5.75 Å². The van der Waals surface area contributed by atoms with E-state index in [4.69, 9.17) is 9.47 Å². The number of carbonyl (C=O) groups excluding carboxylic acids is 1. The second kappa shape index (κ2) is 8.10. The van der Waals surface area contributed by atoms with E-state index in [1.165, 1.54) is 0 Å². The standard InChI is InChI=1S/C22H28N2O4/c1-22(2)20(25)19(17-11-10-16(24(3)4)14-18(17)28-22)23-21(26)27-13-12-15-8-6-5-7-9-15/h5-11,14,19-20,25H,12-13H2,1-4H3,(H,23,26). The normalized spacial score (nSPS) is 19.9. The van der Waals surface area contributed by atoms with Crippen LogP contribution < -0.4 is 15.0 Å². The van der Waals surface area contributed by atoms with Crippen LogP contribution in [0.15, 0.2) is 48.5 Å². The third kappa shape index (κ3) is 4.39. The Balaban J connectivity index is 1.70. The first kappa shape index (κ1) is 20.0. The molecule has 2 unspecified atom stereocenters. The van der Waals surface area contributed by atoms with Gasteiger partial charge in [-0.05, 0) is 25.5 Å². The topological polar surface area (TPSA) is 71.0 Å². The summed E-state index contributed by atoms with van der Waals surface area (Å²) >= 11 is 0. The van der Waals surface area contributed by atoms with E-state index in [0.717, 1.165) is 16.8 Å². The number of aliphatic hydroxyl groups is 1. The Morgan fingerprint density at radius 1 is 1.21 bits per heavy atom. The molecule has 28 heavy (non-hydrogen) atoms. The monoisotopic (exact) mass is 384 g/mol. The molecule has 0 spiro atoms. The van der Waals surface area contributed by atoms with Gasteiger partial charge in [0.15, 0.2) is 0 Å². The molecule has 150 valence electrons. The first-order valence-electron chi connectivity index (χ1n) is 9.43. The zero-order valence-electron chi connectivity index (χ0n) is 16.8. The third-order valence-corrected chi connectivity index (χ3v) is 4.99. The highest BCUT2D eigenvalue weighted by molar-refractivity contribution is 5.69. The van der Waals surface area contributed by atoms with Crippen LogP contribution in [0, 0.1) is 0 Å². The summed E-state index contributed by atoms with van der Waals surface area (Å²) in [6, 6.07) is 14.9. The molecule has 0 bridgehead atoms. The van der Waals surface area contributed by atoms with Crippen molar-refractivity contribution in [2.75, 3.05) is 25.6 Å². The number of rotatable bonds is 5. The summed E-state index contributed by atoms with van der Waals surface area (Å²) in [5.74, 6) is 0.649. The molecule has 0 saturated carbocycles. The Kier molecular flexibility index (Phi) is 5.79. The summed E-state index contributed by atoms with van der Waals surface area (Å²) in [5, 5.41) is 13.6. The molecule has 0 aliphatic carbocycles. The number of benzene rings is 2. The number of hydrogen-bond acceptors (Lipinski definition) is 5. The summed E-state index contributed by atoms with van der Waals surface area (Å²) in [5.41, 5.74) is 1.97. The van der Waals surface area contributed by atoms with Gasteiger partial charge in [-0.1, -0.05) is 36.4 Å². The maximum Gasteiger partial charge on any atom is 0.407 e. The van der Waals surface area contributed by atoms with Crippen molar-refractivity contribution >= 4 is 11.8 Å². The minimum Gasteiger partial charge on any atom is -0.485 e. The van der Waals surface area contributed by atoms with Crippen LogP contribution in [-0.2, 0) is 11.2 Å². The summed E-state index contributed by atoms with van der Waals surface area (Å²) in [7, 11) is 3.90. The van der Waals surface area contributed by atoms with Crippen LogP contribution >= 0.6 is 0 Å². The van der Waals surface area contributed by atoms with Gasteiger partial charge in [-0.3, -0.25) is 0 Å². The SMILES string of the molecule is CN(C)c1ccc2c(c1)OC(C)(C)C(O)C2NC(=O)OCCc1ccccc1. The second-order valence-electron chi connectivity index (χ2n) is 7.76. The van der Waals surface area contributed by atoms with Crippen molar-refractivity contribution in [3.05, 3.63) is 59.7 Å². The lowest BCUT2D eigenvalue weighted by Gasteiger charge is -2.42. The number of nitrogens with one attached hydrogen (secondary N) is 1. The zero-order valence-corrected chi connectivity index (χ0v) is 16.8. The second-order valence-corrected chi connectivity index (χ2v) is 7.76. The third-order valence-electron chi connectivity index (χ3n) is 4.99. The van der Waals surface area contributed by atoms with Crippen LogP contribution in [-0.4, -0.2) is 43.6 Å². The van der Waals surface area contributed by atoms with Crippen LogP contribution in [0.5, 0.6) is 5.75 Å². The fourth-order valence-electron chi connectivity index (χ4n) is 3.29. The van der Waals surface area contributed by atoms with Gasteiger partial charge in [-0.2, -0.15) is 0 Å². The van der Waals surface area contributed by atoms with Gasteiger partial charge >= 0.3 is 6.09 Å². The highest BCUT2D eigenvalue weighted by Gasteiger charge is 2.43. The number of carbonyl (C=O) groups is 1. The molecule has 6 heteroatoms. The Bertz CT molecular complexity index is 821. The molecule has 2 aromatic carbocycles. The highest BCUT2D eigenvalue weighted by Crippen LogP contribution is 2.41. The molecule has 2 N–H and O–H groups in total. The summed E-state index contributed by atoms with van der Waals surface area (Å²) in [6.07, 6.45) is -0.828. The van der Waals surface area contributed by atoms with E-state index < -0.39 is 23.8 Å². The van der Waals surface area contributed by atoms with Crippen LogP contribution in [0.2, 0.25) is 0 Å². The van der Waals surface area contributed by atoms with Crippen molar-refractivity contribution in [1.29, 1.82) is 0 Å². The van der Waals surface area contributed by atoms with Crippen LogP contribution in [0.25, 0.3) is 0 Å². The Morgan fingerprint density at radius 2 is 1.93 bits per heavy atom. The lowest BCUT2D eigenvalue weighted by molar-refractivity contribution is -0.0636. The first-order valence-corrected chi connectivity index (χ1v) is 9.43. The number of nitrogens with zero attached hydrogens (tertiary/aromatic N) is 1. The molecule has 0 fully saturated rings. The van der Waals surface area contributed by atoms with Crippen molar-refractivity contribution in [2.45, 2.75) is 38.0 Å². The van der Waals surface area contributed by atoms with Crippen LogP contribution in [0.3, 0.4) is 0 Å². The molecular formula is C22H28N2O4. The Labute approximate surface area is 166 Å². The largest absolute Gasteiger partial charge is 0.485 e. The summed E-state index contributed by atoms with van der Waals surface area (Å²) in [6.45, 7) is 3.88. The molecule has 6 nitrogen and oxygen atoms in total. The van der Waals surface area contributed by atoms with E-state index in [-0.39, 0.29) is 6.61 Å². The smallest absolute Gasteiger partial charge is 0.407 e. The predicted octanol–water partition coefficient (Wildman–Crippen LogP) is 3.29. The molecule has 3 rings (SSSR count). The van der Waals surface area contributed by atoms with Crippen molar-refractivity contribution in [1.82, 2.24) is 5.32 Å². The number of alkyl carbamates (subject to hydrolysis) is 1. The summed E-state index contributed by atoms with van der Waals surface area (Å²) in [4.78, 5) is 14.3. The molecule has 2 aromatic rings. The number of amides is 1. The van der Waals surface area contributed by atoms with E-state index in [9.17, 15) is 9.90 Å². The van der Waals surface area contributed by atoms with Crippen LogP contribution in [0.1, 0.15) is 31.0 Å². The van der Waals surface area contributed by atoms with Crippen molar-refractivity contribution in [2.24, 2.45) is 0 Å². The van der Waals surface area contributed by atoms with Gasteiger partial charge < -0.3 is 24.8 Å². The van der Waals surface area contributed by atoms with Gasteiger partial charge in [-0.15, -0.1) is 0 Å². The quantitative estimate of drug-likeness (QED) is 0.828. The van der Waals surface area contributed by atoms with Crippen LogP contribution in [0.4, 0.5) is 10.5 Å². The lowest BCUT2D eigenvalue weighted by Crippen LogP contribution is -2.53. The van der Waals surface area contributed by atoms with Gasteiger partial charge in [0, 0.05) is 37.8 Å². The van der Waals surface area contributed by atoms with E-state index in [1.54, 1.807) is 13.8 Å². The van der Waals surface area contributed by atoms with Gasteiger partial charge in [0.2, 0.25) is 0 Å². The van der Waals surface area contributed by atoms with Crippen molar-refractivity contribution in [3.63, 3.8) is 0 Å². The zero-order chi connectivity index (χ0) is 20.3. The minimum atomic E-state index is -0.910. The summed E-state index contributed by atoms with van der Waals surface area (Å²) < 4.78 is 11.3. The maximum atomic E-state index is 12.3. The highest BCUT2D eigenvalue weighted by atomic mass is 16.5. The van der Waals surface area contributed by atoms with E-state index in [0.29, 0.717) is 12.2 Å². The number of fused-ring (bicyclic) bond motifs is 1. The number of ether oxygens (including phenoxy) is 2. The van der Waals surface area contributed by atoms with Crippen molar-refractivity contribution < 1.29 is 19.4 Å². The molecule has 0 aromatic heterocycles. The number of anilines is 1. The molecule has 1 heterocycles. The molecule has 2 atom stereocenters. The Hall–Kier alpha value is -2.73. The average Bonchev–Trinajstić information content (AvgIpc) is 2.65. The van der Waals surface area contributed by atoms with Gasteiger partial charge in [-0.25, -0.2) is 4.79 Å². The lowest BCUT2D eigenvalue weighted by atomic mass is 9.86. The molecule has 1 aliphatic heterocycles. The van der Waals surface area contributed by atoms with Gasteiger partial charge in [0.25, 0.3) is 0 Å². The maximum absolute atomic E-state index is 12.3. The van der Waals surface area contributed by atoms with Gasteiger partial charge in [0.1, 0.15) is 17.5 Å². The van der Waals surface area contributed by atoms with E-state index in [2.05, 4.69) is 5.32 Å². The molecule has 0 radical (unpaired) electrons. The number of aliphatic hydroxyl groups excluding tert-OH is 1. The molecule has 0 saturated heterocycles. The molecular weight excluding hydrogens is 356 g/mol. The van der Waals surface area contributed by atoms with E-state index >= 15 is 0 Å². The fraction of sp³-hybridized carbons (Fsp3) is 0.409. The average molecular weight is 384 g/mol. The molecule has 1 amide bonds. The van der Waals surface area contributed by atoms with E-state index in [1.807, 2.05) is 67.5 Å². The first-order chi connectivity index (χ1) is 13.3. The molecule has 1 aliphatic rings. The fourth-order valence-corrected chi connectivity index (χ4v) is 3.29. The van der Waals surface area contributed by atoms with Gasteiger partial charge in [0.05, 0.1) is 12.6 Å². The Morgan fingerprint density at radius 3 is 2.61 bits per heavy atom. The minimum absolute atomic E-state index is 0.269.